The van der Waals surface area contributed by atoms with E-state index in [1.807, 2.05) is 24.9 Å². The van der Waals surface area contributed by atoms with E-state index in [9.17, 15) is 8.42 Å². The Kier molecular flexibility index (Phi) is 5.57. The van der Waals surface area contributed by atoms with Crippen LogP contribution >= 0.6 is 0 Å². The molecular weight excluding hydrogens is 304 g/mol. The van der Waals surface area contributed by atoms with E-state index in [1.165, 1.54) is 0 Å². The molecule has 1 saturated heterocycles. The van der Waals surface area contributed by atoms with E-state index in [0.29, 0.717) is 18.9 Å². The molecule has 1 N–H and O–H groups in total. The Hall–Kier alpha value is -1.41. The Morgan fingerprint density at radius 2 is 2.23 bits per heavy atom. The van der Waals surface area contributed by atoms with Crippen LogP contribution < -0.4 is 10.2 Å². The summed E-state index contributed by atoms with van der Waals surface area (Å²) in [5.74, 6) is 2.63. The number of aromatic nitrogens is 2. The molecular formula is C14H24N4O3S. The average Bonchev–Trinajstić information content (AvgIpc) is 2.82. The van der Waals surface area contributed by atoms with E-state index in [0.717, 1.165) is 24.6 Å². The normalized spacial score (nSPS) is 20.0. The first kappa shape index (κ1) is 17.0. The lowest BCUT2D eigenvalue weighted by molar-refractivity contribution is 0.198. The summed E-state index contributed by atoms with van der Waals surface area (Å²) >= 11 is 0. The molecule has 0 spiro atoms. The standard InChI is InChI=1S/C14H24N4O3S/c1-11-16-13(15-6-4-7-21-3)9-14(17-11)18(2)12-5-8-22(19,20)10-12/h9,12H,4-8,10H2,1-3H3,(H,15,16,17). The van der Waals surface area contributed by atoms with Crippen LogP contribution in [0.3, 0.4) is 0 Å². The molecule has 1 aliphatic heterocycles. The minimum atomic E-state index is -2.90. The smallest absolute Gasteiger partial charge is 0.152 e. The first-order valence-electron chi connectivity index (χ1n) is 7.43. The fourth-order valence-corrected chi connectivity index (χ4v) is 4.30. The van der Waals surface area contributed by atoms with E-state index >= 15 is 0 Å². The van der Waals surface area contributed by atoms with E-state index in [4.69, 9.17) is 4.74 Å². The number of methoxy groups -OCH3 is 1. The van der Waals surface area contributed by atoms with Gasteiger partial charge in [0, 0.05) is 39.4 Å². The largest absolute Gasteiger partial charge is 0.385 e. The van der Waals surface area contributed by atoms with Crippen molar-refractivity contribution in [2.75, 3.05) is 49.0 Å². The quantitative estimate of drug-likeness (QED) is 0.743. The first-order chi connectivity index (χ1) is 10.4. The molecule has 0 aromatic carbocycles. The van der Waals surface area contributed by atoms with Crippen LogP contribution in [0.2, 0.25) is 0 Å². The van der Waals surface area contributed by atoms with Gasteiger partial charge >= 0.3 is 0 Å². The molecule has 1 unspecified atom stereocenters. The number of nitrogens with one attached hydrogen (secondary N) is 1. The van der Waals surface area contributed by atoms with Gasteiger partial charge in [-0.25, -0.2) is 18.4 Å². The molecule has 124 valence electrons. The van der Waals surface area contributed by atoms with Crippen molar-refractivity contribution in [3.05, 3.63) is 11.9 Å². The fourth-order valence-electron chi connectivity index (χ4n) is 2.52. The summed E-state index contributed by atoms with van der Waals surface area (Å²) in [6.07, 6.45) is 1.55. The molecule has 1 atom stereocenters. The van der Waals surface area contributed by atoms with Gasteiger partial charge in [-0.05, 0) is 19.8 Å². The predicted octanol–water partition coefficient (Wildman–Crippen LogP) is 0.857. The highest BCUT2D eigenvalue weighted by Crippen LogP contribution is 2.23. The zero-order valence-corrected chi connectivity index (χ0v) is 14.2. The van der Waals surface area contributed by atoms with Crippen LogP contribution in [-0.4, -0.2) is 63.2 Å². The summed E-state index contributed by atoms with van der Waals surface area (Å²) in [5.41, 5.74) is 0. The maximum Gasteiger partial charge on any atom is 0.152 e. The van der Waals surface area contributed by atoms with Gasteiger partial charge in [-0.15, -0.1) is 0 Å². The van der Waals surface area contributed by atoms with Crippen molar-refractivity contribution in [3.8, 4) is 0 Å². The van der Waals surface area contributed by atoms with E-state index in [-0.39, 0.29) is 17.5 Å². The van der Waals surface area contributed by atoms with Gasteiger partial charge in [0.05, 0.1) is 11.5 Å². The molecule has 0 saturated carbocycles. The maximum atomic E-state index is 11.6. The highest BCUT2D eigenvalue weighted by molar-refractivity contribution is 7.91. The van der Waals surface area contributed by atoms with Crippen molar-refractivity contribution < 1.29 is 13.2 Å². The van der Waals surface area contributed by atoms with Crippen LogP contribution in [0.4, 0.5) is 11.6 Å². The van der Waals surface area contributed by atoms with Crippen LogP contribution in [0.25, 0.3) is 0 Å². The molecule has 2 rings (SSSR count). The van der Waals surface area contributed by atoms with Crippen LogP contribution in [0.1, 0.15) is 18.7 Å². The summed E-state index contributed by atoms with van der Waals surface area (Å²) < 4.78 is 28.3. The molecule has 0 bridgehead atoms. The highest BCUT2D eigenvalue weighted by atomic mass is 32.2. The zero-order valence-electron chi connectivity index (χ0n) is 13.4. The summed E-state index contributed by atoms with van der Waals surface area (Å²) in [5, 5.41) is 3.25. The van der Waals surface area contributed by atoms with Gasteiger partial charge in [0.25, 0.3) is 0 Å². The van der Waals surface area contributed by atoms with E-state index in [1.54, 1.807) is 7.11 Å². The monoisotopic (exact) mass is 328 g/mol. The van der Waals surface area contributed by atoms with E-state index < -0.39 is 9.84 Å². The third-order valence-electron chi connectivity index (χ3n) is 3.77. The van der Waals surface area contributed by atoms with Gasteiger partial charge < -0.3 is 15.0 Å². The summed E-state index contributed by atoms with van der Waals surface area (Å²) in [4.78, 5) is 10.7. The maximum absolute atomic E-state index is 11.6. The number of hydrogen-bond acceptors (Lipinski definition) is 7. The highest BCUT2D eigenvalue weighted by Gasteiger charge is 2.31. The van der Waals surface area contributed by atoms with E-state index in [2.05, 4.69) is 15.3 Å². The van der Waals surface area contributed by atoms with Gasteiger partial charge in [-0.1, -0.05) is 0 Å². The van der Waals surface area contributed by atoms with Gasteiger partial charge in [0.2, 0.25) is 0 Å². The lowest BCUT2D eigenvalue weighted by atomic mass is 10.2. The van der Waals surface area contributed by atoms with Crippen LogP contribution in [0.15, 0.2) is 6.07 Å². The average molecular weight is 328 g/mol. The number of rotatable bonds is 7. The fraction of sp³-hybridized carbons (Fsp3) is 0.714. The second-order valence-electron chi connectivity index (χ2n) is 5.60. The number of ether oxygens (including phenoxy) is 1. The van der Waals surface area contributed by atoms with Crippen molar-refractivity contribution in [2.24, 2.45) is 0 Å². The molecule has 1 aromatic heterocycles. The van der Waals surface area contributed by atoms with Crippen molar-refractivity contribution in [1.29, 1.82) is 0 Å². The predicted molar refractivity (Wildman–Crippen MR) is 87.2 cm³/mol. The number of sulfone groups is 1. The Morgan fingerprint density at radius 1 is 1.45 bits per heavy atom. The topological polar surface area (TPSA) is 84.4 Å². The number of anilines is 2. The van der Waals surface area contributed by atoms with Crippen molar-refractivity contribution in [1.82, 2.24) is 9.97 Å². The molecule has 1 aromatic rings. The van der Waals surface area contributed by atoms with Crippen LogP contribution in [0.5, 0.6) is 0 Å². The molecule has 0 amide bonds. The lowest BCUT2D eigenvalue weighted by Crippen LogP contribution is -2.33. The Morgan fingerprint density at radius 3 is 2.86 bits per heavy atom. The third kappa shape index (κ3) is 4.54. The van der Waals surface area contributed by atoms with Gasteiger partial charge in [-0.3, -0.25) is 0 Å². The number of hydrogen-bond donors (Lipinski definition) is 1. The van der Waals surface area contributed by atoms with Crippen molar-refractivity contribution in [3.63, 3.8) is 0 Å². The lowest BCUT2D eigenvalue weighted by Gasteiger charge is -2.25. The third-order valence-corrected chi connectivity index (χ3v) is 5.52. The van der Waals surface area contributed by atoms with Crippen molar-refractivity contribution >= 4 is 21.5 Å². The molecule has 7 nitrogen and oxygen atoms in total. The minimum absolute atomic E-state index is 0.0133. The Balaban J connectivity index is 2.05. The molecule has 0 aliphatic carbocycles. The minimum Gasteiger partial charge on any atom is -0.385 e. The van der Waals surface area contributed by atoms with Gasteiger partial charge in [0.1, 0.15) is 17.5 Å². The number of nitrogens with zero attached hydrogens (tertiary/aromatic N) is 3. The van der Waals surface area contributed by atoms with Crippen LogP contribution in [-0.2, 0) is 14.6 Å². The summed E-state index contributed by atoms with van der Waals surface area (Å²) in [6.45, 7) is 3.30. The number of aryl methyl sites for hydroxylation is 1. The molecule has 22 heavy (non-hydrogen) atoms. The molecule has 2 heterocycles. The molecule has 0 radical (unpaired) electrons. The Labute approximate surface area is 132 Å². The first-order valence-corrected chi connectivity index (χ1v) is 9.25. The molecule has 8 heteroatoms. The summed E-state index contributed by atoms with van der Waals surface area (Å²) in [6, 6.07) is 1.85. The SMILES string of the molecule is COCCCNc1cc(N(C)C2CCS(=O)(=O)C2)nc(C)n1. The zero-order chi connectivity index (χ0) is 16.2. The van der Waals surface area contributed by atoms with Gasteiger partial charge in [0.15, 0.2) is 9.84 Å². The molecule has 1 aliphatic rings. The second kappa shape index (κ2) is 7.23. The molecule has 1 fully saturated rings. The summed E-state index contributed by atoms with van der Waals surface area (Å²) in [7, 11) is 0.665. The second-order valence-corrected chi connectivity index (χ2v) is 7.83. The Bertz CT molecular complexity index is 606. The van der Waals surface area contributed by atoms with Gasteiger partial charge in [-0.2, -0.15) is 0 Å². The van der Waals surface area contributed by atoms with Crippen LogP contribution in [0, 0.1) is 6.92 Å². The van der Waals surface area contributed by atoms with Crippen molar-refractivity contribution in [2.45, 2.75) is 25.8 Å².